The predicted octanol–water partition coefficient (Wildman–Crippen LogP) is 6.29. The minimum Gasteiger partial charge on any atom is -0.368 e. The number of benzene rings is 2. The summed E-state index contributed by atoms with van der Waals surface area (Å²) in [6.45, 7) is 3.23. The number of amides is 1. The third kappa shape index (κ3) is 5.85. The summed E-state index contributed by atoms with van der Waals surface area (Å²) < 4.78 is 101. The number of carbonyl (C=O) groups excluding carboxylic acids is 1. The van der Waals surface area contributed by atoms with Gasteiger partial charge in [-0.15, -0.1) is 0 Å². The van der Waals surface area contributed by atoms with Crippen molar-refractivity contribution in [3.8, 4) is 0 Å². The molecular weight excluding hydrogens is 519 g/mol. The summed E-state index contributed by atoms with van der Waals surface area (Å²) in [6, 6.07) is 8.40. The average molecular weight is 543 g/mol. The maximum absolute atomic E-state index is 13.6. The zero-order chi connectivity index (χ0) is 28.0. The Balaban J connectivity index is 1.66. The monoisotopic (exact) mass is 543 g/mol. The van der Waals surface area contributed by atoms with Crippen LogP contribution in [0.4, 0.5) is 30.7 Å². The molecule has 0 radical (unpaired) electrons. The van der Waals surface area contributed by atoms with Crippen LogP contribution in [0.25, 0.3) is 0 Å². The van der Waals surface area contributed by atoms with Gasteiger partial charge in [-0.05, 0) is 61.4 Å². The van der Waals surface area contributed by atoms with Crippen LogP contribution < -0.4 is 0 Å². The lowest BCUT2D eigenvalue weighted by Crippen LogP contribution is -2.31. The third-order valence-electron chi connectivity index (χ3n) is 6.53. The van der Waals surface area contributed by atoms with Gasteiger partial charge in [-0.25, -0.2) is 4.39 Å². The summed E-state index contributed by atoms with van der Waals surface area (Å²) in [5.74, 6) is -1.36. The van der Waals surface area contributed by atoms with Crippen molar-refractivity contribution < 1.29 is 40.3 Å². The lowest BCUT2D eigenvalue weighted by atomic mass is 9.95. The highest BCUT2D eigenvalue weighted by molar-refractivity contribution is 5.93. The number of halogens is 7. The van der Waals surface area contributed by atoms with E-state index in [9.17, 15) is 35.5 Å². The Bertz CT molecular complexity index is 1280. The van der Waals surface area contributed by atoms with Crippen LogP contribution in [0.5, 0.6) is 0 Å². The van der Waals surface area contributed by atoms with Gasteiger partial charge in [0.05, 0.1) is 29.0 Å². The van der Waals surface area contributed by atoms with Crippen molar-refractivity contribution in [1.82, 2.24) is 14.7 Å². The highest BCUT2D eigenvalue weighted by Gasteiger charge is 2.41. The van der Waals surface area contributed by atoms with Gasteiger partial charge in [-0.2, -0.15) is 31.4 Å². The smallest absolute Gasteiger partial charge is 0.368 e. The summed E-state index contributed by atoms with van der Waals surface area (Å²) in [5.41, 5.74) is -1.65. The van der Waals surface area contributed by atoms with Crippen molar-refractivity contribution >= 4 is 5.91 Å². The molecule has 5 nitrogen and oxygen atoms in total. The molecule has 0 saturated carbocycles. The molecule has 1 aliphatic rings. The molecule has 0 spiro atoms. The number of ether oxygens (including phenoxy) is 1. The Morgan fingerprint density at radius 3 is 2.05 bits per heavy atom. The van der Waals surface area contributed by atoms with E-state index in [2.05, 4.69) is 5.10 Å². The average Bonchev–Trinajstić information content (AvgIpc) is 3.40. The molecule has 0 N–H and O–H groups in total. The SMILES string of the molecule is Cc1cc(C(=O)N2CC(OC(C)c3cc(C(F)(F)F)cc(C(F)(F)F)c3)C(c3ccc(F)cc3)C2)n(C)n1. The minimum absolute atomic E-state index is 0.0144. The second kappa shape index (κ2) is 10.0. The molecule has 0 bridgehead atoms. The van der Waals surface area contributed by atoms with Gasteiger partial charge in [-0.3, -0.25) is 9.48 Å². The summed E-state index contributed by atoms with van der Waals surface area (Å²) in [4.78, 5) is 14.7. The van der Waals surface area contributed by atoms with Crippen molar-refractivity contribution in [2.45, 2.75) is 44.3 Å². The van der Waals surface area contributed by atoms with E-state index in [1.807, 2.05) is 0 Å². The van der Waals surface area contributed by atoms with Crippen molar-refractivity contribution in [2.24, 2.45) is 7.05 Å². The fraction of sp³-hybridized carbons (Fsp3) is 0.385. The van der Waals surface area contributed by atoms with E-state index in [0.29, 0.717) is 29.1 Å². The van der Waals surface area contributed by atoms with Crippen LogP contribution in [0.3, 0.4) is 0 Å². The molecule has 3 atom stereocenters. The lowest BCUT2D eigenvalue weighted by Gasteiger charge is -2.25. The Kier molecular flexibility index (Phi) is 7.30. The largest absolute Gasteiger partial charge is 0.416 e. The van der Waals surface area contributed by atoms with Gasteiger partial charge in [0.25, 0.3) is 5.91 Å². The quantitative estimate of drug-likeness (QED) is 0.356. The molecule has 38 heavy (non-hydrogen) atoms. The van der Waals surface area contributed by atoms with Crippen molar-refractivity contribution in [1.29, 1.82) is 0 Å². The second-order valence-corrected chi connectivity index (χ2v) is 9.32. The van der Waals surface area contributed by atoms with Crippen molar-refractivity contribution in [2.75, 3.05) is 13.1 Å². The Labute approximate surface area is 213 Å². The molecule has 3 aromatic rings. The fourth-order valence-electron chi connectivity index (χ4n) is 4.63. The summed E-state index contributed by atoms with van der Waals surface area (Å²) in [7, 11) is 1.61. The first-order valence-electron chi connectivity index (χ1n) is 11.6. The lowest BCUT2D eigenvalue weighted by molar-refractivity contribution is -0.143. The maximum atomic E-state index is 13.6. The number of likely N-dealkylation sites (tertiary alicyclic amines) is 1. The molecule has 2 aromatic carbocycles. The Morgan fingerprint density at radius 1 is 0.974 bits per heavy atom. The number of hydrogen-bond donors (Lipinski definition) is 0. The number of nitrogens with zero attached hydrogens (tertiary/aromatic N) is 3. The first-order chi connectivity index (χ1) is 17.6. The molecule has 1 fully saturated rings. The van der Waals surface area contributed by atoms with Gasteiger partial charge in [-0.1, -0.05) is 12.1 Å². The normalized spacial score (nSPS) is 19.2. The molecule has 0 aliphatic carbocycles. The molecule has 3 unspecified atom stereocenters. The van der Waals surface area contributed by atoms with E-state index < -0.39 is 47.4 Å². The molecule has 4 rings (SSSR count). The molecule has 12 heteroatoms. The standard InChI is InChI=1S/C26H24F7N3O2/c1-14-8-22(35(3)34-14)24(37)36-12-21(16-4-6-20(27)7-5-16)23(13-36)38-15(2)17-9-18(25(28,29)30)11-19(10-17)26(31,32)33/h4-11,15,21,23H,12-13H2,1-3H3. The molecule has 1 saturated heterocycles. The van der Waals surface area contributed by atoms with Crippen LogP contribution in [-0.4, -0.2) is 39.8 Å². The topological polar surface area (TPSA) is 47.4 Å². The number of carbonyl (C=O) groups is 1. The van der Waals surface area contributed by atoms with Crippen LogP contribution in [0.2, 0.25) is 0 Å². The number of alkyl halides is 6. The van der Waals surface area contributed by atoms with E-state index in [1.165, 1.54) is 40.8 Å². The maximum Gasteiger partial charge on any atom is 0.416 e. The molecule has 1 aromatic heterocycles. The van der Waals surface area contributed by atoms with Crippen molar-refractivity contribution in [3.05, 3.63) is 88.0 Å². The Morgan fingerprint density at radius 2 is 1.55 bits per heavy atom. The van der Waals surface area contributed by atoms with Gasteiger partial charge in [0, 0.05) is 26.1 Å². The van der Waals surface area contributed by atoms with E-state index in [-0.39, 0.29) is 30.6 Å². The highest BCUT2D eigenvalue weighted by atomic mass is 19.4. The fourth-order valence-corrected chi connectivity index (χ4v) is 4.63. The number of aryl methyl sites for hydroxylation is 2. The first-order valence-corrected chi connectivity index (χ1v) is 11.6. The van der Waals surface area contributed by atoms with E-state index in [1.54, 1.807) is 20.0 Å². The summed E-state index contributed by atoms with van der Waals surface area (Å²) in [6.07, 6.45) is -12.0. The van der Waals surface area contributed by atoms with Gasteiger partial charge in [0.2, 0.25) is 0 Å². The van der Waals surface area contributed by atoms with Crippen LogP contribution in [-0.2, 0) is 24.1 Å². The first kappa shape index (κ1) is 27.6. The second-order valence-electron chi connectivity index (χ2n) is 9.32. The van der Waals surface area contributed by atoms with E-state index >= 15 is 0 Å². The van der Waals surface area contributed by atoms with Crippen molar-refractivity contribution in [3.63, 3.8) is 0 Å². The number of hydrogen-bond acceptors (Lipinski definition) is 3. The summed E-state index contributed by atoms with van der Waals surface area (Å²) in [5, 5.41) is 4.17. The van der Waals surface area contributed by atoms with E-state index in [0.717, 1.165) is 0 Å². The zero-order valence-corrected chi connectivity index (χ0v) is 20.6. The summed E-state index contributed by atoms with van der Waals surface area (Å²) >= 11 is 0. The Hall–Kier alpha value is -3.41. The van der Waals surface area contributed by atoms with Gasteiger partial charge >= 0.3 is 12.4 Å². The van der Waals surface area contributed by atoms with Crippen LogP contribution in [0, 0.1) is 12.7 Å². The minimum atomic E-state index is -5.00. The predicted molar refractivity (Wildman–Crippen MR) is 123 cm³/mol. The van der Waals surface area contributed by atoms with Gasteiger partial charge < -0.3 is 9.64 Å². The van der Waals surface area contributed by atoms with Gasteiger partial charge in [0.15, 0.2) is 0 Å². The number of aromatic nitrogens is 2. The highest BCUT2D eigenvalue weighted by Crippen LogP contribution is 2.39. The van der Waals surface area contributed by atoms with Crippen LogP contribution in [0.15, 0.2) is 48.5 Å². The molecule has 1 amide bonds. The molecule has 1 aliphatic heterocycles. The van der Waals surface area contributed by atoms with Crippen LogP contribution in [0.1, 0.15) is 57.4 Å². The number of rotatable bonds is 5. The van der Waals surface area contributed by atoms with Gasteiger partial charge in [0.1, 0.15) is 11.5 Å². The molecule has 204 valence electrons. The molecule has 2 heterocycles. The molecular formula is C26H24F7N3O2. The third-order valence-corrected chi connectivity index (χ3v) is 6.53. The van der Waals surface area contributed by atoms with Crippen LogP contribution >= 0.6 is 0 Å². The van der Waals surface area contributed by atoms with E-state index in [4.69, 9.17) is 4.74 Å². The zero-order valence-electron chi connectivity index (χ0n) is 20.6.